The van der Waals surface area contributed by atoms with Crippen molar-refractivity contribution in [2.24, 2.45) is 0 Å². The Morgan fingerprint density at radius 2 is 1.68 bits per heavy atom. The third-order valence-corrected chi connectivity index (χ3v) is 7.72. The summed E-state index contributed by atoms with van der Waals surface area (Å²) in [5, 5.41) is 0.658. The summed E-state index contributed by atoms with van der Waals surface area (Å²) in [6.07, 6.45) is 2.26. The molecular formula is C31H37ClN2O3. The lowest BCUT2D eigenvalue weighted by atomic mass is 9.86. The van der Waals surface area contributed by atoms with Gasteiger partial charge >= 0.3 is 0 Å². The second kappa shape index (κ2) is 11.5. The molecule has 0 bridgehead atoms. The highest BCUT2D eigenvalue weighted by Crippen LogP contribution is 2.44. The maximum atomic E-state index is 13.7. The molecule has 1 aliphatic heterocycles. The van der Waals surface area contributed by atoms with Crippen LogP contribution < -0.4 is 19.3 Å². The Bertz CT molecular complexity index is 1230. The summed E-state index contributed by atoms with van der Waals surface area (Å²) in [6, 6.07) is 20.1. The topological polar surface area (TPSA) is 42.0 Å². The Morgan fingerprint density at radius 1 is 1.00 bits per heavy atom. The molecule has 1 amide bonds. The summed E-state index contributed by atoms with van der Waals surface area (Å²) < 4.78 is 11.9. The smallest absolute Gasteiger partial charge is 0.232 e. The lowest BCUT2D eigenvalue weighted by Crippen LogP contribution is -2.41. The zero-order valence-electron chi connectivity index (χ0n) is 22.6. The monoisotopic (exact) mass is 520 g/mol. The van der Waals surface area contributed by atoms with E-state index in [0.717, 1.165) is 40.9 Å². The van der Waals surface area contributed by atoms with Crippen molar-refractivity contribution in [1.29, 1.82) is 0 Å². The van der Waals surface area contributed by atoms with E-state index in [2.05, 4.69) is 44.9 Å². The molecule has 3 atom stereocenters. The molecule has 0 aliphatic carbocycles. The number of amides is 1. The number of methoxy groups -OCH3 is 1. The standard InChI is InChI=1S/C31H37ClN2O3/c1-7-20(3)33(5)25-13-15-26(16-14-25)34-30(35)18-23-17-28(36-6)29(37-21(4)8-2)19-27(23)31(34)22-9-11-24(32)12-10-22/h9-17,19-21,31H,7-8,18H2,1-6H3/t20?,21-,31?/m1/s1. The lowest BCUT2D eigenvalue weighted by Gasteiger charge is -2.38. The summed E-state index contributed by atoms with van der Waals surface area (Å²) in [5.41, 5.74) is 4.95. The number of nitrogens with zero attached hydrogens (tertiary/aromatic N) is 2. The minimum Gasteiger partial charge on any atom is -0.493 e. The van der Waals surface area contributed by atoms with E-state index < -0.39 is 0 Å². The first-order chi connectivity index (χ1) is 17.8. The van der Waals surface area contributed by atoms with Crippen LogP contribution in [0, 0.1) is 0 Å². The van der Waals surface area contributed by atoms with E-state index in [1.807, 2.05) is 60.4 Å². The number of hydrogen-bond donors (Lipinski definition) is 0. The SMILES string of the molecule is CCC(C)N(C)c1ccc(N2C(=O)Cc3cc(OC)c(O[C@H](C)CC)cc3C2c2ccc(Cl)cc2)cc1. The quantitative estimate of drug-likeness (QED) is 0.294. The number of carbonyl (C=O) groups is 1. The molecule has 0 saturated heterocycles. The molecule has 0 spiro atoms. The van der Waals surface area contributed by atoms with Crippen LogP contribution in [0.2, 0.25) is 5.02 Å². The lowest BCUT2D eigenvalue weighted by molar-refractivity contribution is -0.118. The molecule has 0 radical (unpaired) electrons. The van der Waals surface area contributed by atoms with Crippen molar-refractivity contribution in [3.05, 3.63) is 82.4 Å². The first-order valence-corrected chi connectivity index (χ1v) is 13.4. The summed E-state index contributed by atoms with van der Waals surface area (Å²) in [5.74, 6) is 1.37. The van der Waals surface area contributed by atoms with Gasteiger partial charge in [0.15, 0.2) is 11.5 Å². The number of anilines is 2. The minimum absolute atomic E-state index is 0.0353. The van der Waals surface area contributed by atoms with Crippen molar-refractivity contribution in [2.75, 3.05) is 24.0 Å². The Hall–Kier alpha value is -3.18. The molecule has 0 fully saturated rings. The summed E-state index contributed by atoms with van der Waals surface area (Å²) in [7, 11) is 3.74. The highest BCUT2D eigenvalue weighted by Gasteiger charge is 2.36. The van der Waals surface area contributed by atoms with E-state index in [1.165, 1.54) is 0 Å². The van der Waals surface area contributed by atoms with E-state index >= 15 is 0 Å². The van der Waals surface area contributed by atoms with Crippen LogP contribution in [-0.4, -0.2) is 32.2 Å². The molecule has 6 heteroatoms. The van der Waals surface area contributed by atoms with Crippen LogP contribution in [-0.2, 0) is 11.2 Å². The molecule has 0 saturated carbocycles. The molecule has 196 valence electrons. The molecule has 3 aromatic carbocycles. The van der Waals surface area contributed by atoms with Gasteiger partial charge < -0.3 is 19.3 Å². The molecule has 0 N–H and O–H groups in total. The van der Waals surface area contributed by atoms with Crippen LogP contribution >= 0.6 is 11.6 Å². The van der Waals surface area contributed by atoms with Crippen molar-refractivity contribution < 1.29 is 14.3 Å². The summed E-state index contributed by atoms with van der Waals surface area (Å²) in [4.78, 5) is 17.9. The second-order valence-corrected chi connectivity index (χ2v) is 10.3. The van der Waals surface area contributed by atoms with E-state index in [9.17, 15) is 4.79 Å². The molecule has 1 aliphatic rings. The van der Waals surface area contributed by atoms with Gasteiger partial charge in [0.1, 0.15) is 0 Å². The molecule has 3 aromatic rings. The van der Waals surface area contributed by atoms with Gasteiger partial charge in [0, 0.05) is 29.5 Å². The number of halogens is 1. The summed E-state index contributed by atoms with van der Waals surface area (Å²) >= 11 is 6.23. The fourth-order valence-electron chi connectivity index (χ4n) is 4.75. The molecule has 4 rings (SSSR count). The number of ether oxygens (including phenoxy) is 2. The molecular weight excluding hydrogens is 484 g/mol. The average Bonchev–Trinajstić information content (AvgIpc) is 2.92. The van der Waals surface area contributed by atoms with Gasteiger partial charge in [-0.05, 0) is 91.9 Å². The van der Waals surface area contributed by atoms with Gasteiger partial charge in [0.25, 0.3) is 0 Å². The van der Waals surface area contributed by atoms with Crippen molar-refractivity contribution >= 4 is 28.9 Å². The van der Waals surface area contributed by atoms with Gasteiger partial charge in [-0.2, -0.15) is 0 Å². The highest BCUT2D eigenvalue weighted by molar-refractivity contribution is 6.30. The van der Waals surface area contributed by atoms with Crippen LogP contribution in [0.5, 0.6) is 11.5 Å². The Labute approximate surface area is 225 Å². The molecule has 0 aromatic heterocycles. The van der Waals surface area contributed by atoms with E-state index in [4.69, 9.17) is 21.1 Å². The number of rotatable bonds is 9. The predicted octanol–water partition coefficient (Wildman–Crippen LogP) is 7.44. The predicted molar refractivity (Wildman–Crippen MR) is 152 cm³/mol. The van der Waals surface area contributed by atoms with Crippen molar-refractivity contribution in [1.82, 2.24) is 0 Å². The average molecular weight is 521 g/mol. The number of fused-ring (bicyclic) bond motifs is 1. The van der Waals surface area contributed by atoms with E-state index in [-0.39, 0.29) is 24.5 Å². The maximum absolute atomic E-state index is 13.7. The van der Waals surface area contributed by atoms with E-state index in [0.29, 0.717) is 22.6 Å². The molecule has 37 heavy (non-hydrogen) atoms. The van der Waals surface area contributed by atoms with Gasteiger partial charge in [-0.3, -0.25) is 4.79 Å². The Kier molecular flexibility index (Phi) is 8.33. The molecule has 5 nitrogen and oxygen atoms in total. The molecule has 1 heterocycles. The van der Waals surface area contributed by atoms with Gasteiger partial charge in [-0.25, -0.2) is 0 Å². The van der Waals surface area contributed by atoms with Gasteiger partial charge in [-0.1, -0.05) is 37.6 Å². The van der Waals surface area contributed by atoms with Crippen LogP contribution in [0.15, 0.2) is 60.7 Å². The van der Waals surface area contributed by atoms with Crippen molar-refractivity contribution in [2.45, 2.75) is 65.1 Å². The third kappa shape index (κ3) is 5.57. The summed E-state index contributed by atoms with van der Waals surface area (Å²) in [6.45, 7) is 8.53. The first kappa shape index (κ1) is 26.9. The van der Waals surface area contributed by atoms with Gasteiger partial charge in [0.2, 0.25) is 5.91 Å². The number of hydrogen-bond acceptors (Lipinski definition) is 4. The fraction of sp³-hybridized carbons (Fsp3) is 0.387. The highest BCUT2D eigenvalue weighted by atomic mass is 35.5. The van der Waals surface area contributed by atoms with Crippen LogP contribution in [0.1, 0.15) is 63.3 Å². The maximum Gasteiger partial charge on any atom is 0.232 e. The zero-order chi connectivity index (χ0) is 26.7. The van der Waals surface area contributed by atoms with E-state index in [1.54, 1.807) is 7.11 Å². The minimum atomic E-state index is -0.322. The second-order valence-electron chi connectivity index (χ2n) is 9.82. The normalized spacial score (nSPS) is 16.7. The van der Waals surface area contributed by atoms with Crippen molar-refractivity contribution in [3.8, 4) is 11.5 Å². The fourth-order valence-corrected chi connectivity index (χ4v) is 4.88. The van der Waals surface area contributed by atoms with Crippen LogP contribution in [0.3, 0.4) is 0 Å². The van der Waals surface area contributed by atoms with Crippen LogP contribution in [0.4, 0.5) is 11.4 Å². The number of benzene rings is 3. The Morgan fingerprint density at radius 3 is 2.27 bits per heavy atom. The Balaban J connectivity index is 1.83. The third-order valence-electron chi connectivity index (χ3n) is 7.46. The van der Waals surface area contributed by atoms with Crippen molar-refractivity contribution in [3.63, 3.8) is 0 Å². The van der Waals surface area contributed by atoms with Crippen LogP contribution in [0.25, 0.3) is 0 Å². The van der Waals surface area contributed by atoms with Gasteiger partial charge in [-0.15, -0.1) is 0 Å². The first-order valence-electron chi connectivity index (χ1n) is 13.0. The van der Waals surface area contributed by atoms with Gasteiger partial charge in [0.05, 0.1) is 25.7 Å². The largest absolute Gasteiger partial charge is 0.493 e. The zero-order valence-corrected chi connectivity index (χ0v) is 23.4. The number of carbonyl (C=O) groups excluding carboxylic acids is 1. The molecule has 2 unspecified atom stereocenters.